The number of rotatable bonds is 4. The van der Waals surface area contributed by atoms with Crippen LogP contribution in [0.4, 0.5) is 0 Å². The van der Waals surface area contributed by atoms with Gasteiger partial charge in [-0.1, -0.05) is 13.8 Å². The summed E-state index contributed by atoms with van der Waals surface area (Å²) in [6, 6.07) is 2.11. The highest BCUT2D eigenvalue weighted by Gasteiger charge is 2.05. The van der Waals surface area contributed by atoms with Gasteiger partial charge in [0.2, 0.25) is 0 Å². The third-order valence-electron chi connectivity index (χ3n) is 1.95. The minimum atomic E-state index is 1.07. The van der Waals surface area contributed by atoms with Crippen molar-refractivity contribution in [3.8, 4) is 0 Å². The van der Waals surface area contributed by atoms with Crippen molar-refractivity contribution in [3.63, 3.8) is 0 Å². The summed E-state index contributed by atoms with van der Waals surface area (Å²) in [5.74, 6) is 0. The van der Waals surface area contributed by atoms with Gasteiger partial charge in [0.15, 0.2) is 0 Å². The van der Waals surface area contributed by atoms with E-state index in [9.17, 15) is 0 Å². The SMILES string of the molecule is CCN(CC)Cc1sccc1Br. The lowest BCUT2D eigenvalue weighted by Crippen LogP contribution is -2.21. The molecule has 1 aromatic heterocycles. The molecule has 0 unspecified atom stereocenters. The van der Waals surface area contributed by atoms with Crippen LogP contribution >= 0.6 is 27.3 Å². The lowest BCUT2D eigenvalue weighted by molar-refractivity contribution is 0.298. The number of hydrogen-bond acceptors (Lipinski definition) is 2. The van der Waals surface area contributed by atoms with E-state index in [4.69, 9.17) is 0 Å². The van der Waals surface area contributed by atoms with Crippen molar-refractivity contribution >= 4 is 27.3 Å². The smallest absolute Gasteiger partial charge is 0.0339 e. The second kappa shape index (κ2) is 5.00. The van der Waals surface area contributed by atoms with Crippen LogP contribution in [-0.4, -0.2) is 18.0 Å². The molecular formula is C9H14BrNS. The molecule has 0 amide bonds. The summed E-state index contributed by atoms with van der Waals surface area (Å²) in [7, 11) is 0. The summed E-state index contributed by atoms with van der Waals surface area (Å²) in [6.07, 6.45) is 0. The van der Waals surface area contributed by atoms with Gasteiger partial charge in [0, 0.05) is 15.9 Å². The highest BCUT2D eigenvalue weighted by atomic mass is 79.9. The number of halogens is 1. The Hall–Kier alpha value is 0.140. The first-order valence-electron chi connectivity index (χ1n) is 4.22. The summed E-state index contributed by atoms with van der Waals surface area (Å²) in [6.45, 7) is 7.73. The Morgan fingerprint density at radius 2 is 2.08 bits per heavy atom. The van der Waals surface area contributed by atoms with Crippen LogP contribution in [0.15, 0.2) is 15.9 Å². The van der Waals surface area contributed by atoms with E-state index in [2.05, 4.69) is 46.1 Å². The normalized spacial score (nSPS) is 11.0. The predicted octanol–water partition coefficient (Wildman–Crippen LogP) is 3.35. The lowest BCUT2D eigenvalue weighted by atomic mass is 10.4. The van der Waals surface area contributed by atoms with E-state index in [1.807, 2.05) is 11.3 Å². The van der Waals surface area contributed by atoms with Crippen molar-refractivity contribution in [1.82, 2.24) is 4.90 Å². The van der Waals surface area contributed by atoms with Gasteiger partial charge in [0.1, 0.15) is 0 Å². The molecule has 0 atom stereocenters. The van der Waals surface area contributed by atoms with Gasteiger partial charge in [0.05, 0.1) is 0 Å². The fraction of sp³-hybridized carbons (Fsp3) is 0.556. The first kappa shape index (κ1) is 10.2. The zero-order chi connectivity index (χ0) is 8.97. The average Bonchev–Trinajstić information content (AvgIpc) is 2.47. The van der Waals surface area contributed by atoms with Crippen molar-refractivity contribution < 1.29 is 0 Å². The van der Waals surface area contributed by atoms with Crippen molar-refractivity contribution in [3.05, 3.63) is 20.8 Å². The molecule has 1 rings (SSSR count). The van der Waals surface area contributed by atoms with E-state index in [1.165, 1.54) is 9.35 Å². The molecule has 0 aliphatic carbocycles. The molecular weight excluding hydrogens is 234 g/mol. The van der Waals surface area contributed by atoms with E-state index in [0.717, 1.165) is 19.6 Å². The van der Waals surface area contributed by atoms with Crippen LogP contribution in [-0.2, 0) is 6.54 Å². The van der Waals surface area contributed by atoms with E-state index < -0.39 is 0 Å². The number of hydrogen-bond donors (Lipinski definition) is 0. The van der Waals surface area contributed by atoms with Gasteiger partial charge in [-0.2, -0.15) is 0 Å². The standard InChI is InChI=1S/C9H14BrNS/c1-3-11(4-2)7-9-8(10)5-6-12-9/h5-6H,3-4,7H2,1-2H3. The second-order valence-corrected chi connectivity index (χ2v) is 4.51. The number of nitrogens with zero attached hydrogens (tertiary/aromatic N) is 1. The van der Waals surface area contributed by atoms with Gasteiger partial charge < -0.3 is 0 Å². The van der Waals surface area contributed by atoms with Crippen molar-refractivity contribution in [2.75, 3.05) is 13.1 Å². The molecule has 3 heteroatoms. The molecule has 0 N–H and O–H groups in total. The molecule has 1 nitrogen and oxygen atoms in total. The van der Waals surface area contributed by atoms with E-state index in [-0.39, 0.29) is 0 Å². The maximum atomic E-state index is 3.54. The third kappa shape index (κ3) is 2.57. The minimum Gasteiger partial charge on any atom is -0.299 e. The van der Waals surface area contributed by atoms with Gasteiger partial charge in [-0.25, -0.2) is 0 Å². The fourth-order valence-corrected chi connectivity index (χ4v) is 2.61. The largest absolute Gasteiger partial charge is 0.299 e. The van der Waals surface area contributed by atoms with Crippen molar-refractivity contribution in [2.24, 2.45) is 0 Å². The first-order valence-corrected chi connectivity index (χ1v) is 5.89. The zero-order valence-corrected chi connectivity index (χ0v) is 9.91. The van der Waals surface area contributed by atoms with E-state index >= 15 is 0 Å². The molecule has 0 spiro atoms. The molecule has 0 radical (unpaired) electrons. The molecule has 12 heavy (non-hydrogen) atoms. The Kier molecular flexibility index (Phi) is 4.26. The summed E-state index contributed by atoms with van der Waals surface area (Å²) in [5, 5.41) is 2.13. The highest BCUT2D eigenvalue weighted by Crippen LogP contribution is 2.23. The van der Waals surface area contributed by atoms with Gasteiger partial charge >= 0.3 is 0 Å². The Balaban J connectivity index is 2.56. The van der Waals surface area contributed by atoms with E-state index in [1.54, 1.807) is 0 Å². The molecule has 0 saturated carbocycles. The van der Waals surface area contributed by atoms with Crippen LogP contribution in [0.25, 0.3) is 0 Å². The van der Waals surface area contributed by atoms with Crippen LogP contribution in [0.2, 0.25) is 0 Å². The van der Waals surface area contributed by atoms with E-state index in [0.29, 0.717) is 0 Å². The van der Waals surface area contributed by atoms with Crippen LogP contribution in [0.3, 0.4) is 0 Å². The van der Waals surface area contributed by atoms with Crippen LogP contribution < -0.4 is 0 Å². The summed E-state index contributed by atoms with van der Waals surface area (Å²) < 4.78 is 1.25. The Bertz CT molecular complexity index is 230. The predicted molar refractivity (Wildman–Crippen MR) is 58.6 cm³/mol. The maximum Gasteiger partial charge on any atom is 0.0339 e. The highest BCUT2D eigenvalue weighted by molar-refractivity contribution is 9.10. The van der Waals surface area contributed by atoms with Crippen molar-refractivity contribution in [1.29, 1.82) is 0 Å². The molecule has 0 bridgehead atoms. The molecule has 0 aliphatic rings. The summed E-state index contributed by atoms with van der Waals surface area (Å²) >= 11 is 5.36. The average molecular weight is 248 g/mol. The quantitative estimate of drug-likeness (QED) is 0.789. The minimum absolute atomic E-state index is 1.07. The van der Waals surface area contributed by atoms with Crippen LogP contribution in [0, 0.1) is 0 Å². The summed E-state index contributed by atoms with van der Waals surface area (Å²) in [5.41, 5.74) is 0. The number of thiophene rings is 1. The Morgan fingerprint density at radius 1 is 1.42 bits per heavy atom. The first-order chi connectivity index (χ1) is 5.77. The molecule has 1 aromatic rings. The monoisotopic (exact) mass is 247 g/mol. The zero-order valence-electron chi connectivity index (χ0n) is 7.51. The molecule has 0 fully saturated rings. The second-order valence-electron chi connectivity index (χ2n) is 2.65. The molecule has 68 valence electrons. The molecule has 0 aromatic carbocycles. The van der Waals surface area contributed by atoms with Crippen molar-refractivity contribution in [2.45, 2.75) is 20.4 Å². The molecule has 0 saturated heterocycles. The van der Waals surface area contributed by atoms with Gasteiger partial charge in [-0.3, -0.25) is 4.90 Å². The molecule has 0 aliphatic heterocycles. The van der Waals surface area contributed by atoms with Crippen LogP contribution in [0.1, 0.15) is 18.7 Å². The third-order valence-corrected chi connectivity index (χ3v) is 3.86. The Labute approximate surface area is 86.5 Å². The molecule has 1 heterocycles. The van der Waals surface area contributed by atoms with Gasteiger partial charge in [-0.15, -0.1) is 11.3 Å². The fourth-order valence-electron chi connectivity index (χ4n) is 1.09. The summed E-state index contributed by atoms with van der Waals surface area (Å²) in [4.78, 5) is 3.84. The van der Waals surface area contributed by atoms with Crippen LogP contribution in [0.5, 0.6) is 0 Å². The van der Waals surface area contributed by atoms with Gasteiger partial charge in [-0.05, 0) is 40.5 Å². The Morgan fingerprint density at radius 3 is 2.50 bits per heavy atom. The topological polar surface area (TPSA) is 3.24 Å². The lowest BCUT2D eigenvalue weighted by Gasteiger charge is -2.16. The van der Waals surface area contributed by atoms with Gasteiger partial charge in [0.25, 0.3) is 0 Å². The maximum absolute atomic E-state index is 3.54.